The van der Waals surface area contributed by atoms with Gasteiger partial charge in [-0.3, -0.25) is 4.79 Å². The fraction of sp³-hybridized carbons (Fsp3) is 0.417. The highest BCUT2D eigenvalue weighted by atomic mass is 32.2. The van der Waals surface area contributed by atoms with Crippen molar-refractivity contribution in [2.45, 2.75) is 18.3 Å². The fourth-order valence-corrected chi connectivity index (χ4v) is 2.60. The molecule has 0 unspecified atom stereocenters. The molecule has 0 saturated heterocycles. The molecule has 0 spiro atoms. The number of alkyl halides is 3. The third-order valence-corrected chi connectivity index (χ3v) is 4.15. The van der Waals surface area contributed by atoms with Crippen LogP contribution in [0.25, 0.3) is 0 Å². The Balaban J connectivity index is 2.34. The van der Waals surface area contributed by atoms with Gasteiger partial charge in [-0.2, -0.15) is 21.6 Å². The third kappa shape index (κ3) is 3.29. The smallest absolute Gasteiger partial charge is 0.376 e. The van der Waals surface area contributed by atoms with Gasteiger partial charge in [0, 0.05) is 18.7 Å². The number of rotatable bonds is 3. The zero-order valence-corrected chi connectivity index (χ0v) is 11.6. The largest absolute Gasteiger partial charge is 0.534 e. The predicted octanol–water partition coefficient (Wildman–Crippen LogP) is 1.47. The summed E-state index contributed by atoms with van der Waals surface area (Å²) < 4.78 is 63.6. The minimum Gasteiger partial charge on any atom is -0.376 e. The van der Waals surface area contributed by atoms with Crippen molar-refractivity contribution in [3.05, 3.63) is 29.3 Å². The Morgan fingerprint density at radius 1 is 1.19 bits per heavy atom. The van der Waals surface area contributed by atoms with Gasteiger partial charge in [0.25, 0.3) is 0 Å². The van der Waals surface area contributed by atoms with E-state index in [1.807, 2.05) is 0 Å². The van der Waals surface area contributed by atoms with Crippen LogP contribution in [0, 0.1) is 0 Å². The molecule has 1 aromatic carbocycles. The Bertz CT molecular complexity index is 642. The zero-order valence-electron chi connectivity index (χ0n) is 10.8. The molecule has 1 aliphatic rings. The molecule has 1 aliphatic heterocycles. The van der Waals surface area contributed by atoms with Gasteiger partial charge in [0.1, 0.15) is 5.75 Å². The van der Waals surface area contributed by atoms with Gasteiger partial charge in [0.2, 0.25) is 6.41 Å². The summed E-state index contributed by atoms with van der Waals surface area (Å²) in [5.41, 5.74) is -4.42. The van der Waals surface area contributed by atoms with Gasteiger partial charge in [-0.15, -0.1) is 0 Å². The average Bonchev–Trinajstić information content (AvgIpc) is 2.60. The van der Waals surface area contributed by atoms with Crippen LogP contribution < -0.4 is 4.18 Å². The molecule has 0 saturated carbocycles. The number of nitrogens with zero attached hydrogens (tertiary/aromatic N) is 1. The molecular formula is C12H12F3NO4S. The number of halogens is 3. The molecule has 21 heavy (non-hydrogen) atoms. The van der Waals surface area contributed by atoms with Gasteiger partial charge >= 0.3 is 15.6 Å². The molecule has 0 radical (unpaired) electrons. The van der Waals surface area contributed by atoms with Gasteiger partial charge in [0.05, 0.1) is 0 Å². The number of benzene rings is 1. The zero-order chi connectivity index (χ0) is 15.7. The first-order valence-corrected chi connectivity index (χ1v) is 7.46. The summed E-state index contributed by atoms with van der Waals surface area (Å²) in [7, 11) is -5.70. The molecule has 2 rings (SSSR count). The Labute approximate surface area is 119 Å². The molecule has 0 bridgehead atoms. The maximum Gasteiger partial charge on any atom is 0.534 e. The lowest BCUT2D eigenvalue weighted by Crippen LogP contribution is -2.28. The summed E-state index contributed by atoms with van der Waals surface area (Å²) in [6.45, 7) is 0.717. The fourth-order valence-electron chi connectivity index (χ4n) is 2.11. The lowest BCUT2D eigenvalue weighted by molar-refractivity contribution is -0.118. The van der Waals surface area contributed by atoms with E-state index >= 15 is 0 Å². The Morgan fingerprint density at radius 3 is 2.48 bits per heavy atom. The summed E-state index contributed by atoms with van der Waals surface area (Å²) in [4.78, 5) is 12.2. The van der Waals surface area contributed by atoms with Crippen molar-refractivity contribution >= 4 is 16.5 Å². The van der Waals surface area contributed by atoms with Crippen molar-refractivity contribution < 1.29 is 30.6 Å². The van der Waals surface area contributed by atoms with E-state index in [4.69, 9.17) is 0 Å². The SMILES string of the molecule is O=CN1CCc2cccc(OS(=O)(=O)C(F)(F)F)c2CC1. The van der Waals surface area contributed by atoms with E-state index in [1.165, 1.54) is 17.0 Å². The number of carbonyl (C=O) groups excluding carboxylic acids is 1. The van der Waals surface area contributed by atoms with E-state index in [2.05, 4.69) is 4.18 Å². The third-order valence-electron chi connectivity index (χ3n) is 3.18. The Kier molecular flexibility index (Phi) is 4.13. The molecule has 5 nitrogen and oxygen atoms in total. The lowest BCUT2D eigenvalue weighted by atomic mass is 10.0. The standard InChI is InChI=1S/C12H12F3NO4S/c13-12(14,15)21(18,19)20-11-3-1-2-9-4-6-16(8-17)7-5-10(9)11/h1-3,8H,4-7H2. The maximum absolute atomic E-state index is 12.4. The highest BCUT2D eigenvalue weighted by Crippen LogP contribution is 2.31. The molecule has 1 aromatic rings. The number of hydrogen-bond donors (Lipinski definition) is 0. The van der Waals surface area contributed by atoms with Gasteiger partial charge in [-0.1, -0.05) is 12.1 Å². The van der Waals surface area contributed by atoms with Crippen molar-refractivity contribution in [2.75, 3.05) is 13.1 Å². The van der Waals surface area contributed by atoms with Crippen LogP contribution in [0.15, 0.2) is 18.2 Å². The minimum absolute atomic E-state index is 0.234. The summed E-state index contributed by atoms with van der Waals surface area (Å²) in [6, 6.07) is 4.28. The topological polar surface area (TPSA) is 63.7 Å². The number of carbonyl (C=O) groups is 1. The van der Waals surface area contributed by atoms with E-state index in [9.17, 15) is 26.4 Å². The van der Waals surface area contributed by atoms with Crippen LogP contribution in [-0.4, -0.2) is 38.3 Å². The highest BCUT2D eigenvalue weighted by molar-refractivity contribution is 7.88. The minimum atomic E-state index is -5.70. The molecule has 116 valence electrons. The van der Waals surface area contributed by atoms with Crippen LogP contribution in [0.5, 0.6) is 5.75 Å². The Morgan fingerprint density at radius 2 is 1.86 bits per heavy atom. The quantitative estimate of drug-likeness (QED) is 0.480. The first kappa shape index (κ1) is 15.6. The molecule has 0 fully saturated rings. The van der Waals surface area contributed by atoms with Crippen molar-refractivity contribution in [3.63, 3.8) is 0 Å². The monoisotopic (exact) mass is 323 g/mol. The van der Waals surface area contributed by atoms with Crippen LogP contribution in [0.1, 0.15) is 11.1 Å². The van der Waals surface area contributed by atoms with E-state index in [0.717, 1.165) is 0 Å². The van der Waals surface area contributed by atoms with Crippen LogP contribution in [0.4, 0.5) is 13.2 Å². The molecular weight excluding hydrogens is 311 g/mol. The predicted molar refractivity (Wildman–Crippen MR) is 67.1 cm³/mol. The Hall–Kier alpha value is -1.77. The second-order valence-corrected chi connectivity index (χ2v) is 6.06. The van der Waals surface area contributed by atoms with Crippen LogP contribution >= 0.6 is 0 Å². The second kappa shape index (κ2) is 5.55. The average molecular weight is 323 g/mol. The van der Waals surface area contributed by atoms with E-state index < -0.39 is 15.6 Å². The van der Waals surface area contributed by atoms with Gasteiger partial charge in [-0.05, 0) is 24.5 Å². The van der Waals surface area contributed by atoms with E-state index in [0.29, 0.717) is 37.0 Å². The maximum atomic E-state index is 12.4. The van der Waals surface area contributed by atoms with Gasteiger partial charge in [0.15, 0.2) is 0 Å². The summed E-state index contributed by atoms with van der Waals surface area (Å²) in [5.74, 6) is -0.336. The summed E-state index contributed by atoms with van der Waals surface area (Å²) >= 11 is 0. The first-order chi connectivity index (χ1) is 9.74. The number of hydrogen-bond acceptors (Lipinski definition) is 4. The molecule has 1 amide bonds. The molecule has 1 heterocycles. The molecule has 9 heteroatoms. The van der Waals surface area contributed by atoms with Gasteiger partial charge in [-0.25, -0.2) is 0 Å². The number of amides is 1. The van der Waals surface area contributed by atoms with Crippen molar-refractivity contribution in [1.29, 1.82) is 0 Å². The molecule has 0 atom stereocenters. The van der Waals surface area contributed by atoms with Gasteiger partial charge < -0.3 is 9.08 Å². The van der Waals surface area contributed by atoms with Crippen LogP contribution in [-0.2, 0) is 27.8 Å². The summed E-state index contributed by atoms with van der Waals surface area (Å²) in [5, 5.41) is 0. The molecule has 0 aliphatic carbocycles. The molecule has 0 aromatic heterocycles. The van der Waals surface area contributed by atoms with E-state index in [1.54, 1.807) is 6.07 Å². The van der Waals surface area contributed by atoms with Crippen molar-refractivity contribution in [1.82, 2.24) is 4.90 Å². The summed E-state index contributed by atoms with van der Waals surface area (Å²) in [6.07, 6.45) is 1.31. The van der Waals surface area contributed by atoms with Crippen molar-refractivity contribution in [2.24, 2.45) is 0 Å². The lowest BCUT2D eigenvalue weighted by Gasteiger charge is -2.14. The number of fused-ring (bicyclic) bond motifs is 1. The highest BCUT2D eigenvalue weighted by Gasteiger charge is 2.48. The first-order valence-electron chi connectivity index (χ1n) is 6.05. The van der Waals surface area contributed by atoms with Crippen LogP contribution in [0.2, 0.25) is 0 Å². The van der Waals surface area contributed by atoms with Crippen LogP contribution in [0.3, 0.4) is 0 Å². The second-order valence-electron chi connectivity index (χ2n) is 4.52. The van der Waals surface area contributed by atoms with Crippen molar-refractivity contribution in [3.8, 4) is 5.75 Å². The van der Waals surface area contributed by atoms with E-state index in [-0.39, 0.29) is 12.2 Å². The normalized spacial score (nSPS) is 16.0. The molecule has 0 N–H and O–H groups in total.